The van der Waals surface area contributed by atoms with Gasteiger partial charge in [0.1, 0.15) is 15.3 Å². The van der Waals surface area contributed by atoms with Gasteiger partial charge in [-0.15, -0.1) is 11.3 Å². The van der Waals surface area contributed by atoms with Gasteiger partial charge in [-0.2, -0.15) is 0 Å². The van der Waals surface area contributed by atoms with Gasteiger partial charge in [-0.3, -0.25) is 14.2 Å². The minimum atomic E-state index is -0.157. The Kier molecular flexibility index (Phi) is 6.46. The van der Waals surface area contributed by atoms with Gasteiger partial charge in [0.05, 0.1) is 24.1 Å². The lowest BCUT2D eigenvalue weighted by Crippen LogP contribution is -2.27. The van der Waals surface area contributed by atoms with Crippen LogP contribution in [-0.4, -0.2) is 26.2 Å². The van der Waals surface area contributed by atoms with E-state index in [0.29, 0.717) is 34.2 Å². The number of amides is 1. The molecule has 4 heterocycles. The standard InChI is InChI=1S/C25H22N4O3S2/c1-16(17-7-3-2-4-8-17)14-29-24(31)22-21(19-10-5-11-26-23(19)34-22)28-25(29)33-15-20(30)27-13-18-9-6-12-32-18/h2-12,16H,13-15H2,1H3,(H,27,30). The molecule has 0 saturated carbocycles. The topological polar surface area (TPSA) is 90.0 Å². The van der Waals surface area contributed by atoms with Crippen LogP contribution in [0, 0.1) is 0 Å². The molecule has 1 N–H and O–H groups in total. The summed E-state index contributed by atoms with van der Waals surface area (Å²) in [5.41, 5.74) is 1.68. The Labute approximate surface area is 203 Å². The monoisotopic (exact) mass is 490 g/mol. The first-order valence-corrected chi connectivity index (χ1v) is 12.6. The number of fused-ring (bicyclic) bond motifs is 3. The Morgan fingerprint density at radius 1 is 1.18 bits per heavy atom. The van der Waals surface area contributed by atoms with Crippen LogP contribution in [0.2, 0.25) is 0 Å². The molecule has 0 aliphatic rings. The maximum absolute atomic E-state index is 13.6. The van der Waals surface area contributed by atoms with Gasteiger partial charge in [0, 0.05) is 18.1 Å². The first kappa shape index (κ1) is 22.4. The van der Waals surface area contributed by atoms with E-state index in [-0.39, 0.29) is 23.1 Å². The van der Waals surface area contributed by atoms with Crippen LogP contribution in [0.4, 0.5) is 0 Å². The van der Waals surface area contributed by atoms with E-state index in [1.165, 1.54) is 23.1 Å². The second-order valence-electron chi connectivity index (χ2n) is 7.90. The molecule has 1 amide bonds. The predicted octanol–water partition coefficient (Wildman–Crippen LogP) is 4.81. The zero-order valence-corrected chi connectivity index (χ0v) is 20.1. The summed E-state index contributed by atoms with van der Waals surface area (Å²) in [5, 5.41) is 4.22. The van der Waals surface area contributed by atoms with E-state index in [1.807, 2.05) is 30.3 Å². The van der Waals surface area contributed by atoms with E-state index in [9.17, 15) is 9.59 Å². The average molecular weight is 491 g/mol. The quantitative estimate of drug-likeness (QED) is 0.248. The van der Waals surface area contributed by atoms with Crippen molar-refractivity contribution in [3.8, 4) is 0 Å². The molecule has 9 heteroatoms. The maximum atomic E-state index is 13.6. The van der Waals surface area contributed by atoms with Crippen molar-refractivity contribution in [1.82, 2.24) is 19.9 Å². The number of thioether (sulfide) groups is 1. The van der Waals surface area contributed by atoms with Crippen LogP contribution in [0.5, 0.6) is 0 Å². The second kappa shape index (κ2) is 9.82. The molecule has 4 aromatic heterocycles. The third-order valence-electron chi connectivity index (χ3n) is 5.52. The van der Waals surface area contributed by atoms with Gasteiger partial charge in [-0.05, 0) is 35.7 Å². The van der Waals surface area contributed by atoms with Gasteiger partial charge in [-0.25, -0.2) is 9.97 Å². The van der Waals surface area contributed by atoms with Crippen molar-refractivity contribution >= 4 is 49.4 Å². The molecule has 0 radical (unpaired) electrons. The molecule has 7 nitrogen and oxygen atoms in total. The largest absolute Gasteiger partial charge is 0.467 e. The lowest BCUT2D eigenvalue weighted by atomic mass is 10.0. The Hall–Kier alpha value is -3.43. The molecule has 172 valence electrons. The number of pyridine rings is 1. The number of thiophene rings is 1. The molecule has 0 spiro atoms. The Morgan fingerprint density at radius 2 is 2.03 bits per heavy atom. The summed E-state index contributed by atoms with van der Waals surface area (Å²) < 4.78 is 7.54. The highest BCUT2D eigenvalue weighted by atomic mass is 32.2. The van der Waals surface area contributed by atoms with Gasteiger partial charge < -0.3 is 9.73 Å². The van der Waals surface area contributed by atoms with Crippen molar-refractivity contribution in [2.75, 3.05) is 5.75 Å². The molecule has 0 aliphatic heterocycles. The first-order chi connectivity index (χ1) is 16.6. The van der Waals surface area contributed by atoms with Gasteiger partial charge in [0.15, 0.2) is 5.16 Å². The van der Waals surface area contributed by atoms with Crippen LogP contribution in [0.3, 0.4) is 0 Å². The number of rotatable bonds is 8. The third-order valence-corrected chi connectivity index (χ3v) is 7.58. The molecule has 1 atom stereocenters. The highest BCUT2D eigenvalue weighted by Crippen LogP contribution is 2.31. The predicted molar refractivity (Wildman–Crippen MR) is 135 cm³/mol. The fourth-order valence-electron chi connectivity index (χ4n) is 3.75. The molecule has 0 aliphatic carbocycles. The highest BCUT2D eigenvalue weighted by molar-refractivity contribution is 7.99. The smallest absolute Gasteiger partial charge is 0.272 e. The molecule has 0 fully saturated rings. The normalized spacial score (nSPS) is 12.3. The fourth-order valence-corrected chi connectivity index (χ4v) is 5.62. The molecule has 0 bridgehead atoms. The van der Waals surface area contributed by atoms with Crippen LogP contribution < -0.4 is 10.9 Å². The van der Waals surface area contributed by atoms with Crippen molar-refractivity contribution in [3.63, 3.8) is 0 Å². The van der Waals surface area contributed by atoms with Gasteiger partial charge >= 0.3 is 0 Å². The number of nitrogens with one attached hydrogen (secondary N) is 1. The van der Waals surface area contributed by atoms with Crippen LogP contribution in [-0.2, 0) is 17.9 Å². The zero-order valence-electron chi connectivity index (χ0n) is 18.4. The van der Waals surface area contributed by atoms with Crippen molar-refractivity contribution in [2.24, 2.45) is 0 Å². The first-order valence-electron chi connectivity index (χ1n) is 10.8. The number of benzene rings is 1. The Balaban J connectivity index is 1.47. The average Bonchev–Trinajstić information content (AvgIpc) is 3.52. The van der Waals surface area contributed by atoms with Crippen molar-refractivity contribution in [2.45, 2.75) is 31.1 Å². The van der Waals surface area contributed by atoms with E-state index in [1.54, 1.807) is 29.2 Å². The maximum Gasteiger partial charge on any atom is 0.272 e. The molecule has 5 aromatic rings. The molecular weight excluding hydrogens is 468 g/mol. The molecule has 0 saturated heterocycles. The van der Waals surface area contributed by atoms with Crippen molar-refractivity contribution < 1.29 is 9.21 Å². The van der Waals surface area contributed by atoms with Crippen LogP contribution in [0.25, 0.3) is 20.4 Å². The van der Waals surface area contributed by atoms with E-state index in [0.717, 1.165) is 15.8 Å². The molecule has 1 aromatic carbocycles. The molecule has 1 unspecified atom stereocenters. The fraction of sp³-hybridized carbons (Fsp3) is 0.200. The van der Waals surface area contributed by atoms with Gasteiger partial charge in [0.2, 0.25) is 5.91 Å². The summed E-state index contributed by atoms with van der Waals surface area (Å²) in [6.45, 7) is 2.87. The lowest BCUT2D eigenvalue weighted by molar-refractivity contribution is -0.118. The van der Waals surface area contributed by atoms with Gasteiger partial charge in [-0.1, -0.05) is 49.0 Å². The van der Waals surface area contributed by atoms with Crippen molar-refractivity contribution in [3.05, 3.63) is 88.7 Å². The number of carbonyl (C=O) groups is 1. The Bertz CT molecular complexity index is 1490. The number of hydrogen-bond acceptors (Lipinski definition) is 7. The minimum absolute atomic E-state index is 0.0952. The summed E-state index contributed by atoms with van der Waals surface area (Å²) in [6, 6.07) is 17.4. The molecular formula is C25H22N4O3S2. The number of nitrogens with zero attached hydrogens (tertiary/aromatic N) is 3. The van der Waals surface area contributed by atoms with E-state index in [2.05, 4.69) is 29.4 Å². The van der Waals surface area contributed by atoms with Crippen molar-refractivity contribution in [1.29, 1.82) is 0 Å². The second-order valence-corrected chi connectivity index (χ2v) is 9.84. The van der Waals surface area contributed by atoms with Crippen LogP contribution in [0.1, 0.15) is 24.2 Å². The Morgan fingerprint density at radius 3 is 2.82 bits per heavy atom. The number of furan rings is 1. The van der Waals surface area contributed by atoms with E-state index in [4.69, 9.17) is 9.40 Å². The summed E-state index contributed by atoms with van der Waals surface area (Å²) in [4.78, 5) is 36.1. The number of aromatic nitrogens is 3. The highest BCUT2D eigenvalue weighted by Gasteiger charge is 2.19. The lowest BCUT2D eigenvalue weighted by Gasteiger charge is -2.17. The minimum Gasteiger partial charge on any atom is -0.467 e. The molecule has 34 heavy (non-hydrogen) atoms. The number of hydrogen-bond donors (Lipinski definition) is 1. The summed E-state index contributed by atoms with van der Waals surface area (Å²) in [5.74, 6) is 0.760. The van der Waals surface area contributed by atoms with Crippen LogP contribution >= 0.6 is 23.1 Å². The SMILES string of the molecule is CC(Cn1c(SCC(=O)NCc2ccco2)nc2c(sc3ncccc32)c1=O)c1ccccc1. The van der Waals surface area contributed by atoms with Gasteiger partial charge in [0.25, 0.3) is 5.56 Å². The van der Waals surface area contributed by atoms with E-state index >= 15 is 0 Å². The summed E-state index contributed by atoms with van der Waals surface area (Å²) >= 11 is 2.62. The summed E-state index contributed by atoms with van der Waals surface area (Å²) in [6.07, 6.45) is 3.29. The summed E-state index contributed by atoms with van der Waals surface area (Å²) in [7, 11) is 0. The zero-order chi connectivity index (χ0) is 23.5. The van der Waals surface area contributed by atoms with E-state index < -0.39 is 0 Å². The van der Waals surface area contributed by atoms with Crippen LogP contribution in [0.15, 0.2) is 81.4 Å². The third kappa shape index (κ3) is 4.62. The number of carbonyl (C=O) groups excluding carboxylic acids is 1. The molecule has 5 rings (SSSR count).